The second-order valence-corrected chi connectivity index (χ2v) is 9.45. The van der Waals surface area contributed by atoms with E-state index >= 15 is 0 Å². The van der Waals surface area contributed by atoms with Gasteiger partial charge in [0.05, 0.1) is 16.1 Å². The molecule has 0 fully saturated rings. The van der Waals surface area contributed by atoms with Crippen molar-refractivity contribution in [3.05, 3.63) is 94.5 Å². The van der Waals surface area contributed by atoms with Gasteiger partial charge in [0.1, 0.15) is 6.54 Å². The van der Waals surface area contributed by atoms with E-state index in [9.17, 15) is 26.4 Å². The molecule has 0 radical (unpaired) electrons. The number of rotatable bonds is 7. The highest BCUT2D eigenvalue weighted by Crippen LogP contribution is 2.31. The molecule has 0 unspecified atom stereocenters. The van der Waals surface area contributed by atoms with Crippen LogP contribution < -0.4 is 9.62 Å². The Bertz CT molecular complexity index is 1250. The van der Waals surface area contributed by atoms with E-state index in [1.807, 2.05) is 0 Å². The molecule has 0 aliphatic rings. The summed E-state index contributed by atoms with van der Waals surface area (Å²) in [5.74, 6) is -0.689. The maximum absolute atomic E-state index is 13.3. The minimum atomic E-state index is -4.51. The number of nitrogens with zero attached hydrogens (tertiary/aromatic N) is 1. The highest BCUT2D eigenvalue weighted by molar-refractivity contribution is 7.92. The minimum absolute atomic E-state index is 0.0185. The molecule has 0 aliphatic carbocycles. The first-order valence-corrected chi connectivity index (χ1v) is 11.6. The summed E-state index contributed by atoms with van der Waals surface area (Å²) in [5, 5.41) is 2.81. The molecule has 0 heterocycles. The van der Waals surface area contributed by atoms with Gasteiger partial charge >= 0.3 is 6.18 Å². The van der Waals surface area contributed by atoms with Gasteiger partial charge in [-0.3, -0.25) is 9.10 Å². The number of halogens is 4. The molecule has 3 rings (SSSR count). The normalized spacial score (nSPS) is 11.8. The average molecular weight is 497 g/mol. The molecule has 0 atom stereocenters. The fraction of sp³-hybridized carbons (Fsp3) is 0.174. The fourth-order valence-corrected chi connectivity index (χ4v) is 4.80. The summed E-state index contributed by atoms with van der Waals surface area (Å²) in [6, 6.07) is 16.8. The van der Waals surface area contributed by atoms with Crippen molar-refractivity contribution in [2.75, 3.05) is 10.8 Å². The zero-order valence-electron chi connectivity index (χ0n) is 17.4. The van der Waals surface area contributed by atoms with Gasteiger partial charge in [-0.25, -0.2) is 8.42 Å². The van der Waals surface area contributed by atoms with Crippen molar-refractivity contribution in [2.24, 2.45) is 0 Å². The monoisotopic (exact) mass is 496 g/mol. The van der Waals surface area contributed by atoms with Gasteiger partial charge < -0.3 is 5.32 Å². The van der Waals surface area contributed by atoms with Crippen molar-refractivity contribution in [1.82, 2.24) is 5.32 Å². The van der Waals surface area contributed by atoms with Gasteiger partial charge in [0.25, 0.3) is 10.0 Å². The zero-order valence-corrected chi connectivity index (χ0v) is 19.0. The number of anilines is 1. The van der Waals surface area contributed by atoms with Crippen molar-refractivity contribution >= 4 is 33.2 Å². The van der Waals surface area contributed by atoms with Gasteiger partial charge in [0.2, 0.25) is 5.91 Å². The summed E-state index contributed by atoms with van der Waals surface area (Å²) >= 11 is 6.17. The first kappa shape index (κ1) is 24.6. The van der Waals surface area contributed by atoms with Crippen molar-refractivity contribution in [3.63, 3.8) is 0 Å². The second-order valence-electron chi connectivity index (χ2n) is 7.18. The van der Waals surface area contributed by atoms with Crippen LogP contribution in [0.3, 0.4) is 0 Å². The van der Waals surface area contributed by atoms with Gasteiger partial charge in [-0.15, -0.1) is 0 Å². The Balaban J connectivity index is 1.87. The Morgan fingerprint density at radius 2 is 1.67 bits per heavy atom. The highest BCUT2D eigenvalue weighted by atomic mass is 35.5. The Morgan fingerprint density at radius 1 is 1.00 bits per heavy atom. The third-order valence-electron chi connectivity index (χ3n) is 4.87. The topological polar surface area (TPSA) is 66.5 Å². The van der Waals surface area contributed by atoms with Crippen LogP contribution in [0.1, 0.15) is 16.7 Å². The SMILES string of the molecule is Cc1c(Cl)cccc1N(CC(=O)NCc1cccc(C(F)(F)F)c1)S(=O)(=O)c1ccccc1. The van der Waals surface area contributed by atoms with E-state index in [0.717, 1.165) is 16.4 Å². The van der Waals surface area contributed by atoms with Crippen LogP contribution in [0.15, 0.2) is 77.7 Å². The number of hydrogen-bond donors (Lipinski definition) is 1. The van der Waals surface area contributed by atoms with Crippen LogP contribution in [0.5, 0.6) is 0 Å². The molecule has 1 N–H and O–H groups in total. The third kappa shape index (κ3) is 5.85. The quantitative estimate of drug-likeness (QED) is 0.490. The first-order chi connectivity index (χ1) is 15.5. The van der Waals surface area contributed by atoms with E-state index in [1.54, 1.807) is 37.3 Å². The van der Waals surface area contributed by atoms with E-state index in [2.05, 4.69) is 5.32 Å². The van der Waals surface area contributed by atoms with E-state index in [0.29, 0.717) is 10.6 Å². The standard InChI is InChI=1S/C23H20ClF3N2O3S/c1-16-20(24)11-6-12-21(16)29(33(31,32)19-9-3-2-4-10-19)15-22(30)28-14-17-7-5-8-18(13-17)23(25,26)27/h2-13H,14-15H2,1H3,(H,28,30). The van der Waals surface area contributed by atoms with Gasteiger partial charge in [0.15, 0.2) is 0 Å². The van der Waals surface area contributed by atoms with Gasteiger partial charge in [-0.1, -0.05) is 48.0 Å². The van der Waals surface area contributed by atoms with Gasteiger partial charge in [-0.2, -0.15) is 13.2 Å². The second kappa shape index (κ2) is 9.84. The molecule has 174 valence electrons. The largest absolute Gasteiger partial charge is 0.416 e. The molecular formula is C23H20ClF3N2O3S. The summed E-state index contributed by atoms with van der Waals surface area (Å²) in [5.41, 5.74) is 0.0802. The number of carbonyl (C=O) groups is 1. The lowest BCUT2D eigenvalue weighted by molar-refractivity contribution is -0.137. The fourth-order valence-electron chi connectivity index (χ4n) is 3.13. The maximum atomic E-state index is 13.3. The molecule has 3 aromatic carbocycles. The summed E-state index contributed by atoms with van der Waals surface area (Å²) in [6.45, 7) is 0.847. The lowest BCUT2D eigenvalue weighted by atomic mass is 10.1. The van der Waals surface area contributed by atoms with Crippen molar-refractivity contribution in [3.8, 4) is 0 Å². The van der Waals surface area contributed by atoms with Crippen LogP contribution in [0.4, 0.5) is 18.9 Å². The lowest BCUT2D eigenvalue weighted by Gasteiger charge is -2.26. The number of nitrogens with one attached hydrogen (secondary N) is 1. The molecule has 0 saturated carbocycles. The Morgan fingerprint density at radius 3 is 2.33 bits per heavy atom. The number of hydrogen-bond acceptors (Lipinski definition) is 3. The lowest BCUT2D eigenvalue weighted by Crippen LogP contribution is -2.41. The van der Waals surface area contributed by atoms with E-state index in [-0.39, 0.29) is 22.7 Å². The molecule has 10 heteroatoms. The summed E-state index contributed by atoms with van der Waals surface area (Å²) < 4.78 is 66.4. The van der Waals surface area contributed by atoms with E-state index < -0.39 is 34.2 Å². The van der Waals surface area contributed by atoms with Crippen LogP contribution in [-0.2, 0) is 27.5 Å². The molecule has 1 amide bonds. The molecular weight excluding hydrogens is 477 g/mol. The number of alkyl halides is 3. The van der Waals surface area contributed by atoms with Gasteiger partial charge in [0, 0.05) is 11.6 Å². The number of amides is 1. The smallest absolute Gasteiger partial charge is 0.350 e. The van der Waals surface area contributed by atoms with E-state index in [4.69, 9.17) is 11.6 Å². The van der Waals surface area contributed by atoms with Crippen molar-refractivity contribution in [2.45, 2.75) is 24.5 Å². The van der Waals surface area contributed by atoms with Crippen LogP contribution in [-0.4, -0.2) is 20.9 Å². The molecule has 0 spiro atoms. The summed E-state index contributed by atoms with van der Waals surface area (Å²) in [4.78, 5) is 12.7. The van der Waals surface area contributed by atoms with Crippen LogP contribution in [0.2, 0.25) is 5.02 Å². The van der Waals surface area contributed by atoms with E-state index in [1.165, 1.54) is 30.3 Å². The third-order valence-corrected chi connectivity index (χ3v) is 7.05. The summed E-state index contributed by atoms with van der Waals surface area (Å²) in [6.07, 6.45) is -4.51. The average Bonchev–Trinajstić information content (AvgIpc) is 2.78. The van der Waals surface area contributed by atoms with Crippen LogP contribution in [0.25, 0.3) is 0 Å². The Kier molecular flexibility index (Phi) is 7.34. The first-order valence-electron chi connectivity index (χ1n) is 9.76. The number of benzene rings is 3. The predicted octanol–water partition coefficient (Wildman–Crippen LogP) is 5.18. The van der Waals surface area contributed by atoms with Crippen molar-refractivity contribution < 1.29 is 26.4 Å². The molecule has 0 aromatic heterocycles. The molecule has 0 aliphatic heterocycles. The Hall–Kier alpha value is -3.04. The van der Waals surface area contributed by atoms with Crippen molar-refractivity contribution in [1.29, 1.82) is 0 Å². The Labute approximate surface area is 194 Å². The molecule has 3 aromatic rings. The van der Waals surface area contributed by atoms with Crippen LogP contribution in [0, 0.1) is 6.92 Å². The molecule has 0 bridgehead atoms. The molecule has 0 saturated heterocycles. The zero-order chi connectivity index (χ0) is 24.2. The predicted molar refractivity (Wildman–Crippen MR) is 120 cm³/mol. The maximum Gasteiger partial charge on any atom is 0.416 e. The minimum Gasteiger partial charge on any atom is -0.350 e. The molecule has 5 nitrogen and oxygen atoms in total. The highest BCUT2D eigenvalue weighted by Gasteiger charge is 2.31. The van der Waals surface area contributed by atoms with Gasteiger partial charge in [-0.05, 0) is 54.4 Å². The summed E-state index contributed by atoms with van der Waals surface area (Å²) in [7, 11) is -4.13. The molecule has 33 heavy (non-hydrogen) atoms. The number of sulfonamides is 1. The van der Waals surface area contributed by atoms with Crippen LogP contribution >= 0.6 is 11.6 Å². The number of carbonyl (C=O) groups excluding carboxylic acids is 1.